The molecular weight excluding hydrogens is 382 g/mol. The first-order valence-electron chi connectivity index (χ1n) is 8.14. The highest BCUT2D eigenvalue weighted by Crippen LogP contribution is 2.23. The molecule has 0 amide bonds. The Labute approximate surface area is 160 Å². The molecule has 2 aromatic rings. The minimum Gasteiger partial charge on any atom is -1.00 e. The van der Waals surface area contributed by atoms with Crippen LogP contribution in [0.1, 0.15) is 6.92 Å². The van der Waals surface area contributed by atoms with Gasteiger partial charge in [0.25, 0.3) is 0 Å². The lowest BCUT2D eigenvalue weighted by molar-refractivity contribution is -0.870. The van der Waals surface area contributed by atoms with E-state index in [4.69, 9.17) is 9.47 Å². The summed E-state index contributed by atoms with van der Waals surface area (Å²) in [6.45, 7) is 4.27. The average molecular weight is 408 g/mol. The van der Waals surface area contributed by atoms with Gasteiger partial charge in [-0.1, -0.05) is 0 Å². The van der Waals surface area contributed by atoms with Crippen molar-refractivity contribution in [1.29, 1.82) is 0 Å². The van der Waals surface area contributed by atoms with Crippen LogP contribution in [0.5, 0.6) is 11.5 Å². The van der Waals surface area contributed by atoms with Crippen molar-refractivity contribution in [2.24, 2.45) is 10.2 Å². The quantitative estimate of drug-likeness (QED) is 0.492. The molecule has 0 heterocycles. The molecular formula is C19H26BrN3O2. The largest absolute Gasteiger partial charge is 1.00 e. The summed E-state index contributed by atoms with van der Waals surface area (Å²) in [5.74, 6) is 1.69. The highest BCUT2D eigenvalue weighted by molar-refractivity contribution is 5.44. The predicted molar refractivity (Wildman–Crippen MR) is 96.6 cm³/mol. The Morgan fingerprint density at radius 1 is 0.760 bits per heavy atom. The topological polar surface area (TPSA) is 43.2 Å². The summed E-state index contributed by atoms with van der Waals surface area (Å²) in [4.78, 5) is 0. The molecule has 0 aliphatic carbocycles. The van der Waals surface area contributed by atoms with Gasteiger partial charge in [0.15, 0.2) is 0 Å². The maximum absolute atomic E-state index is 5.73. The van der Waals surface area contributed by atoms with Crippen molar-refractivity contribution in [1.82, 2.24) is 0 Å². The second-order valence-corrected chi connectivity index (χ2v) is 6.48. The van der Waals surface area contributed by atoms with Crippen LogP contribution in [-0.2, 0) is 0 Å². The Bertz CT molecular complexity index is 650. The maximum Gasteiger partial charge on any atom is 0.137 e. The summed E-state index contributed by atoms with van der Waals surface area (Å²) < 4.78 is 12.0. The molecule has 2 rings (SSSR count). The van der Waals surface area contributed by atoms with Crippen molar-refractivity contribution in [3.63, 3.8) is 0 Å². The Kier molecular flexibility index (Phi) is 8.58. The fraction of sp³-hybridized carbons (Fsp3) is 0.368. The molecule has 0 bridgehead atoms. The Morgan fingerprint density at radius 2 is 1.20 bits per heavy atom. The van der Waals surface area contributed by atoms with Gasteiger partial charge < -0.3 is 30.9 Å². The van der Waals surface area contributed by atoms with Crippen molar-refractivity contribution in [3.8, 4) is 11.5 Å². The smallest absolute Gasteiger partial charge is 0.137 e. The summed E-state index contributed by atoms with van der Waals surface area (Å²) >= 11 is 0. The minimum absolute atomic E-state index is 0. The Balaban J connectivity index is 0.00000312. The molecule has 0 N–H and O–H groups in total. The SMILES string of the molecule is CCOc1ccc(N=Nc2ccc(OCC[N+](C)(C)C)cc2)cc1.[Br-]. The van der Waals surface area contributed by atoms with E-state index in [0.717, 1.165) is 33.9 Å². The van der Waals surface area contributed by atoms with Crippen LogP contribution in [0.4, 0.5) is 11.4 Å². The molecule has 0 unspecified atom stereocenters. The fourth-order valence-electron chi connectivity index (χ4n) is 1.94. The van der Waals surface area contributed by atoms with Crippen molar-refractivity contribution in [2.75, 3.05) is 40.9 Å². The van der Waals surface area contributed by atoms with E-state index >= 15 is 0 Å². The highest BCUT2D eigenvalue weighted by Gasteiger charge is 2.06. The summed E-state index contributed by atoms with van der Waals surface area (Å²) in [5.41, 5.74) is 1.59. The number of azo groups is 1. The molecule has 25 heavy (non-hydrogen) atoms. The molecule has 0 aliphatic heterocycles. The number of halogens is 1. The zero-order valence-corrected chi connectivity index (χ0v) is 16.9. The Hall–Kier alpha value is -1.92. The summed E-state index contributed by atoms with van der Waals surface area (Å²) in [5, 5.41) is 8.47. The highest BCUT2D eigenvalue weighted by atomic mass is 79.9. The van der Waals surface area contributed by atoms with E-state index in [1.54, 1.807) is 0 Å². The molecule has 0 fully saturated rings. The van der Waals surface area contributed by atoms with Gasteiger partial charge in [0.2, 0.25) is 0 Å². The van der Waals surface area contributed by atoms with Crippen LogP contribution in [-0.4, -0.2) is 45.4 Å². The third kappa shape index (κ3) is 8.14. The number of quaternary nitrogens is 1. The first-order valence-corrected chi connectivity index (χ1v) is 8.14. The van der Waals surface area contributed by atoms with E-state index in [1.165, 1.54) is 0 Å². The van der Waals surface area contributed by atoms with Crippen molar-refractivity contribution < 1.29 is 30.9 Å². The average Bonchev–Trinajstić information content (AvgIpc) is 2.55. The van der Waals surface area contributed by atoms with Gasteiger partial charge in [-0.15, -0.1) is 0 Å². The summed E-state index contributed by atoms with van der Waals surface area (Å²) in [6.07, 6.45) is 0. The minimum atomic E-state index is 0. The van der Waals surface area contributed by atoms with E-state index in [1.807, 2.05) is 55.5 Å². The lowest BCUT2D eigenvalue weighted by Crippen LogP contribution is -3.00. The number of ether oxygens (including phenoxy) is 2. The van der Waals surface area contributed by atoms with Crippen LogP contribution in [0.25, 0.3) is 0 Å². The van der Waals surface area contributed by atoms with Gasteiger partial charge in [-0.2, -0.15) is 10.2 Å². The lowest BCUT2D eigenvalue weighted by Gasteiger charge is -2.23. The molecule has 0 radical (unpaired) electrons. The van der Waals surface area contributed by atoms with Crippen LogP contribution in [0.15, 0.2) is 58.8 Å². The van der Waals surface area contributed by atoms with Gasteiger partial charge in [-0.25, -0.2) is 0 Å². The number of likely N-dealkylation sites (N-methyl/N-ethyl adjacent to an activating group) is 1. The van der Waals surface area contributed by atoms with Gasteiger partial charge in [-0.05, 0) is 55.5 Å². The first kappa shape index (κ1) is 21.1. The van der Waals surface area contributed by atoms with Crippen molar-refractivity contribution in [3.05, 3.63) is 48.5 Å². The van der Waals surface area contributed by atoms with Gasteiger partial charge >= 0.3 is 0 Å². The van der Waals surface area contributed by atoms with E-state index in [2.05, 4.69) is 31.4 Å². The molecule has 5 nitrogen and oxygen atoms in total. The number of benzene rings is 2. The van der Waals surface area contributed by atoms with Crippen molar-refractivity contribution in [2.45, 2.75) is 6.92 Å². The van der Waals surface area contributed by atoms with Crippen molar-refractivity contribution >= 4 is 11.4 Å². The van der Waals surface area contributed by atoms with E-state index in [9.17, 15) is 0 Å². The van der Waals surface area contributed by atoms with Crippen LogP contribution in [0, 0.1) is 0 Å². The zero-order valence-electron chi connectivity index (χ0n) is 15.3. The molecule has 2 aromatic carbocycles. The number of hydrogen-bond acceptors (Lipinski definition) is 4. The van der Waals surface area contributed by atoms with Crippen LogP contribution < -0.4 is 26.5 Å². The molecule has 0 saturated carbocycles. The second kappa shape index (κ2) is 10.2. The van der Waals surface area contributed by atoms with Gasteiger partial charge in [-0.3, -0.25) is 0 Å². The molecule has 0 aliphatic rings. The lowest BCUT2D eigenvalue weighted by atomic mass is 10.3. The van der Waals surface area contributed by atoms with E-state index in [0.29, 0.717) is 13.2 Å². The summed E-state index contributed by atoms with van der Waals surface area (Å²) in [6, 6.07) is 15.2. The van der Waals surface area contributed by atoms with Gasteiger partial charge in [0.05, 0.1) is 39.1 Å². The fourth-order valence-corrected chi connectivity index (χ4v) is 1.94. The number of nitrogens with zero attached hydrogens (tertiary/aromatic N) is 3. The predicted octanol–water partition coefficient (Wildman–Crippen LogP) is 1.59. The molecule has 0 aromatic heterocycles. The van der Waals surface area contributed by atoms with Crippen LogP contribution in [0.3, 0.4) is 0 Å². The first-order chi connectivity index (χ1) is 11.5. The molecule has 6 heteroatoms. The zero-order chi connectivity index (χ0) is 17.4. The van der Waals surface area contributed by atoms with Crippen LogP contribution in [0.2, 0.25) is 0 Å². The normalized spacial score (nSPS) is 11.2. The van der Waals surface area contributed by atoms with E-state index < -0.39 is 0 Å². The third-order valence-electron chi connectivity index (χ3n) is 3.30. The molecule has 0 spiro atoms. The third-order valence-corrected chi connectivity index (χ3v) is 3.30. The number of hydrogen-bond donors (Lipinski definition) is 0. The van der Waals surface area contributed by atoms with E-state index in [-0.39, 0.29) is 17.0 Å². The summed E-state index contributed by atoms with van der Waals surface area (Å²) in [7, 11) is 6.44. The maximum atomic E-state index is 5.73. The Morgan fingerprint density at radius 3 is 1.60 bits per heavy atom. The van der Waals surface area contributed by atoms with Gasteiger partial charge in [0, 0.05) is 0 Å². The number of rotatable bonds is 8. The second-order valence-electron chi connectivity index (χ2n) is 6.48. The molecule has 0 saturated heterocycles. The standard InChI is InChI=1S/C19H26N3O2.BrH/c1-5-23-18-10-6-16(7-11-18)20-21-17-8-12-19(13-9-17)24-15-14-22(2,3)4;/h6-13H,5,14-15H2,1-4H3;1H/q+1;/p-1. The molecule has 0 atom stereocenters. The van der Waals surface area contributed by atoms with Crippen LogP contribution >= 0.6 is 0 Å². The molecule has 136 valence electrons. The monoisotopic (exact) mass is 407 g/mol. The van der Waals surface area contributed by atoms with Gasteiger partial charge in [0.1, 0.15) is 24.7 Å².